The van der Waals surface area contributed by atoms with E-state index in [-0.39, 0.29) is 5.91 Å². The average molecular weight is 396 g/mol. The fourth-order valence-electron chi connectivity index (χ4n) is 3.30. The Morgan fingerprint density at radius 2 is 1.77 bits per heavy atom. The summed E-state index contributed by atoms with van der Waals surface area (Å²) < 4.78 is 1.76. The number of amides is 1. The molecule has 4 aromatic rings. The number of aryl methyl sites for hydroxylation is 2. The van der Waals surface area contributed by atoms with Crippen molar-refractivity contribution in [3.63, 3.8) is 0 Å². The minimum absolute atomic E-state index is 0.138. The van der Waals surface area contributed by atoms with Gasteiger partial charge in [-0.2, -0.15) is 5.10 Å². The number of aromatic nitrogens is 3. The first kappa shape index (κ1) is 19.6. The molecule has 0 saturated carbocycles. The number of pyridine rings is 1. The van der Waals surface area contributed by atoms with Crippen molar-refractivity contribution >= 4 is 5.91 Å². The molecule has 0 aliphatic heterocycles. The summed E-state index contributed by atoms with van der Waals surface area (Å²) >= 11 is 0. The first-order valence-electron chi connectivity index (χ1n) is 10.0. The molecule has 2 aromatic carbocycles. The number of nitrogens with zero attached hydrogens (tertiary/aromatic N) is 3. The third-order valence-electron chi connectivity index (χ3n) is 5.15. The predicted molar refractivity (Wildman–Crippen MR) is 119 cm³/mol. The Balaban J connectivity index is 1.63. The summed E-state index contributed by atoms with van der Waals surface area (Å²) in [6.45, 7) is 4.66. The van der Waals surface area contributed by atoms with E-state index in [0.29, 0.717) is 24.2 Å². The van der Waals surface area contributed by atoms with Gasteiger partial charge in [-0.1, -0.05) is 36.4 Å². The molecule has 0 aliphatic rings. The van der Waals surface area contributed by atoms with E-state index < -0.39 is 0 Å². The van der Waals surface area contributed by atoms with Crippen LogP contribution in [0.4, 0.5) is 0 Å². The van der Waals surface area contributed by atoms with Gasteiger partial charge in [0.1, 0.15) is 5.69 Å². The van der Waals surface area contributed by atoms with Gasteiger partial charge in [0.2, 0.25) is 0 Å². The lowest BCUT2D eigenvalue weighted by Gasteiger charge is -2.07. The van der Waals surface area contributed by atoms with Crippen LogP contribution in [0.25, 0.3) is 16.9 Å². The number of rotatable bonds is 6. The Labute approximate surface area is 176 Å². The zero-order valence-corrected chi connectivity index (χ0v) is 17.2. The van der Waals surface area contributed by atoms with Crippen molar-refractivity contribution < 1.29 is 4.79 Å². The highest BCUT2D eigenvalue weighted by molar-refractivity contribution is 6.00. The maximum atomic E-state index is 13.0. The summed E-state index contributed by atoms with van der Waals surface area (Å²) in [6, 6.07) is 21.8. The molecule has 150 valence electrons. The second-order valence-corrected chi connectivity index (χ2v) is 7.30. The van der Waals surface area contributed by atoms with E-state index in [0.717, 1.165) is 16.9 Å². The highest BCUT2D eigenvalue weighted by Gasteiger charge is 2.19. The van der Waals surface area contributed by atoms with E-state index >= 15 is 0 Å². The Morgan fingerprint density at radius 3 is 2.50 bits per heavy atom. The second-order valence-electron chi connectivity index (χ2n) is 7.30. The zero-order valence-electron chi connectivity index (χ0n) is 17.2. The van der Waals surface area contributed by atoms with Gasteiger partial charge in [-0.25, -0.2) is 4.68 Å². The molecule has 4 rings (SSSR count). The maximum Gasteiger partial charge on any atom is 0.255 e. The fraction of sp³-hybridized carbons (Fsp3) is 0.160. The lowest BCUT2D eigenvalue weighted by molar-refractivity contribution is 0.0954. The van der Waals surface area contributed by atoms with Crippen LogP contribution < -0.4 is 5.32 Å². The van der Waals surface area contributed by atoms with Crippen LogP contribution in [0.1, 0.15) is 27.2 Å². The molecule has 5 nitrogen and oxygen atoms in total. The van der Waals surface area contributed by atoms with Crippen LogP contribution in [0.3, 0.4) is 0 Å². The molecule has 0 atom stereocenters. The van der Waals surface area contributed by atoms with Crippen LogP contribution in [0, 0.1) is 13.8 Å². The van der Waals surface area contributed by atoms with E-state index in [9.17, 15) is 4.79 Å². The van der Waals surface area contributed by atoms with Gasteiger partial charge >= 0.3 is 0 Å². The summed E-state index contributed by atoms with van der Waals surface area (Å²) in [6.07, 6.45) is 4.24. The smallest absolute Gasteiger partial charge is 0.255 e. The van der Waals surface area contributed by atoms with Crippen LogP contribution in [0.5, 0.6) is 0 Å². The molecular weight excluding hydrogens is 372 g/mol. The van der Waals surface area contributed by atoms with Gasteiger partial charge in [-0.05, 0) is 55.3 Å². The van der Waals surface area contributed by atoms with Crippen LogP contribution in [0.2, 0.25) is 0 Å². The Morgan fingerprint density at radius 1 is 0.967 bits per heavy atom. The molecule has 2 aromatic heterocycles. The Bertz CT molecular complexity index is 1150. The van der Waals surface area contributed by atoms with Crippen molar-refractivity contribution in [1.82, 2.24) is 20.1 Å². The van der Waals surface area contributed by atoms with Crippen LogP contribution in [-0.4, -0.2) is 27.2 Å². The molecule has 0 aliphatic carbocycles. The van der Waals surface area contributed by atoms with E-state index in [1.54, 1.807) is 17.1 Å². The summed E-state index contributed by atoms with van der Waals surface area (Å²) in [7, 11) is 0. The third kappa shape index (κ3) is 4.30. The van der Waals surface area contributed by atoms with Gasteiger partial charge in [0.25, 0.3) is 5.91 Å². The summed E-state index contributed by atoms with van der Waals surface area (Å²) in [4.78, 5) is 17.3. The minimum atomic E-state index is -0.138. The van der Waals surface area contributed by atoms with Crippen molar-refractivity contribution in [2.24, 2.45) is 0 Å². The van der Waals surface area contributed by atoms with E-state index in [1.807, 2.05) is 54.6 Å². The molecule has 0 bridgehead atoms. The second kappa shape index (κ2) is 8.74. The SMILES string of the molecule is Cc1ccc(-c2nn(-c3ccccc3)cc2C(=O)NCCc2ccccn2)cc1C. The molecule has 1 amide bonds. The lowest BCUT2D eigenvalue weighted by Crippen LogP contribution is -2.26. The molecule has 0 fully saturated rings. The number of carbonyl (C=O) groups is 1. The highest BCUT2D eigenvalue weighted by Crippen LogP contribution is 2.26. The van der Waals surface area contributed by atoms with Crippen LogP contribution in [-0.2, 0) is 6.42 Å². The zero-order chi connectivity index (χ0) is 20.9. The van der Waals surface area contributed by atoms with Gasteiger partial charge < -0.3 is 5.32 Å². The first-order valence-corrected chi connectivity index (χ1v) is 10.0. The monoisotopic (exact) mass is 396 g/mol. The molecule has 5 heteroatoms. The molecule has 0 radical (unpaired) electrons. The fourth-order valence-corrected chi connectivity index (χ4v) is 3.30. The van der Waals surface area contributed by atoms with Gasteiger partial charge in [0.15, 0.2) is 0 Å². The molecule has 1 N–H and O–H groups in total. The summed E-state index contributed by atoms with van der Waals surface area (Å²) in [5.41, 5.74) is 6.41. The first-order chi connectivity index (χ1) is 14.6. The number of hydrogen-bond donors (Lipinski definition) is 1. The average Bonchev–Trinajstić information content (AvgIpc) is 3.23. The van der Waals surface area contributed by atoms with Gasteiger partial charge in [-0.15, -0.1) is 0 Å². The minimum Gasteiger partial charge on any atom is -0.352 e. The van der Waals surface area contributed by atoms with Crippen molar-refractivity contribution in [3.05, 3.63) is 102 Å². The highest BCUT2D eigenvalue weighted by atomic mass is 16.1. The maximum absolute atomic E-state index is 13.0. The number of benzene rings is 2. The topological polar surface area (TPSA) is 59.8 Å². The molecule has 0 saturated heterocycles. The molecule has 0 spiro atoms. The van der Waals surface area contributed by atoms with Crippen LogP contribution >= 0.6 is 0 Å². The van der Waals surface area contributed by atoms with Crippen LogP contribution in [0.15, 0.2) is 79.1 Å². The standard InChI is InChI=1S/C25H24N4O/c1-18-11-12-20(16-19(18)2)24-23(17-29(28-24)22-9-4-3-5-10-22)25(30)27-15-13-21-8-6-7-14-26-21/h3-12,14,16-17H,13,15H2,1-2H3,(H,27,30). The molecule has 0 unspecified atom stereocenters. The van der Waals surface area contributed by atoms with E-state index in [1.165, 1.54) is 11.1 Å². The summed E-state index contributed by atoms with van der Waals surface area (Å²) in [5, 5.41) is 7.77. The van der Waals surface area contributed by atoms with Gasteiger partial charge in [0, 0.05) is 36.6 Å². The van der Waals surface area contributed by atoms with Crippen molar-refractivity contribution in [2.45, 2.75) is 20.3 Å². The van der Waals surface area contributed by atoms with E-state index in [4.69, 9.17) is 5.10 Å². The van der Waals surface area contributed by atoms with Gasteiger partial charge in [-0.3, -0.25) is 9.78 Å². The van der Waals surface area contributed by atoms with Crippen molar-refractivity contribution in [3.8, 4) is 16.9 Å². The van der Waals surface area contributed by atoms with Gasteiger partial charge in [0.05, 0.1) is 11.3 Å². The van der Waals surface area contributed by atoms with E-state index in [2.05, 4.69) is 36.3 Å². The number of para-hydroxylation sites is 1. The number of carbonyl (C=O) groups excluding carboxylic acids is 1. The predicted octanol–water partition coefficient (Wildman–Crippen LogP) is 4.52. The van der Waals surface area contributed by atoms with Crippen molar-refractivity contribution in [1.29, 1.82) is 0 Å². The molecular formula is C25H24N4O. The third-order valence-corrected chi connectivity index (χ3v) is 5.15. The Hall–Kier alpha value is -3.73. The summed E-state index contributed by atoms with van der Waals surface area (Å²) in [5.74, 6) is -0.138. The lowest BCUT2D eigenvalue weighted by atomic mass is 10.0. The Kier molecular flexibility index (Phi) is 5.70. The largest absolute Gasteiger partial charge is 0.352 e. The normalized spacial score (nSPS) is 10.7. The molecule has 2 heterocycles. The quantitative estimate of drug-likeness (QED) is 0.521. The molecule has 30 heavy (non-hydrogen) atoms. The van der Waals surface area contributed by atoms with Crippen molar-refractivity contribution in [2.75, 3.05) is 6.54 Å². The number of nitrogens with one attached hydrogen (secondary N) is 1. The number of hydrogen-bond acceptors (Lipinski definition) is 3.